The number of nitrogens with zero attached hydrogens (tertiary/aromatic N) is 2. The third-order valence-electron chi connectivity index (χ3n) is 2.45. The number of aromatic nitrogens is 2. The zero-order valence-corrected chi connectivity index (χ0v) is 11.5. The van der Waals surface area contributed by atoms with Gasteiger partial charge in [-0.3, -0.25) is 0 Å². The van der Waals surface area contributed by atoms with E-state index in [4.69, 9.17) is 11.6 Å². The van der Waals surface area contributed by atoms with Crippen LogP contribution in [0.1, 0.15) is 18.4 Å². The van der Waals surface area contributed by atoms with Gasteiger partial charge in [0.25, 0.3) is 0 Å². The molecule has 16 heavy (non-hydrogen) atoms. The third-order valence-corrected chi connectivity index (χ3v) is 4.04. The summed E-state index contributed by atoms with van der Waals surface area (Å²) in [4.78, 5) is 8.54. The Bertz CT molecular complexity index is 343. The van der Waals surface area contributed by atoms with Crippen molar-refractivity contribution >= 4 is 35.8 Å². The predicted molar refractivity (Wildman–Crippen MR) is 70.8 cm³/mol. The fraction of sp³-hybridized carbons (Fsp3) is 0.600. The smallest absolute Gasteiger partial charge is 0.189 e. The first kappa shape index (κ1) is 14.0. The van der Waals surface area contributed by atoms with Gasteiger partial charge in [0.2, 0.25) is 0 Å². The van der Waals surface area contributed by atoms with E-state index in [1.54, 1.807) is 18.0 Å². The molecule has 0 aromatic carbocycles. The summed E-state index contributed by atoms with van der Waals surface area (Å²) in [5.74, 6) is 0. The van der Waals surface area contributed by atoms with E-state index in [1.165, 1.54) is 12.8 Å². The first-order chi connectivity index (χ1) is 7.25. The van der Waals surface area contributed by atoms with Crippen LogP contribution < -0.4 is 5.32 Å². The Hall–Kier alpha value is -0.0300. The Labute approximate surface area is 111 Å². The molecule has 1 aromatic rings. The fourth-order valence-electron chi connectivity index (χ4n) is 1.53. The van der Waals surface area contributed by atoms with Gasteiger partial charge in [-0.05, 0) is 32.9 Å². The van der Waals surface area contributed by atoms with Crippen molar-refractivity contribution in [2.75, 3.05) is 13.1 Å². The average molecular weight is 280 g/mol. The molecule has 1 aliphatic rings. The Morgan fingerprint density at radius 1 is 1.44 bits per heavy atom. The van der Waals surface area contributed by atoms with E-state index in [-0.39, 0.29) is 12.4 Å². The molecule has 0 amide bonds. The number of aryl methyl sites for hydroxylation is 1. The van der Waals surface area contributed by atoms with E-state index in [2.05, 4.69) is 15.3 Å². The summed E-state index contributed by atoms with van der Waals surface area (Å²) in [6, 6.07) is 0. The maximum absolute atomic E-state index is 5.95. The van der Waals surface area contributed by atoms with Crippen molar-refractivity contribution in [3.8, 4) is 0 Å². The molecule has 2 heterocycles. The predicted octanol–water partition coefficient (Wildman–Crippen LogP) is 2.70. The molecular weight excluding hydrogens is 265 g/mol. The molecule has 0 saturated carbocycles. The molecule has 0 bridgehead atoms. The number of thioether (sulfide) groups is 1. The molecule has 2 rings (SSSR count). The van der Waals surface area contributed by atoms with Gasteiger partial charge in [-0.25, -0.2) is 9.97 Å². The molecule has 0 atom stereocenters. The van der Waals surface area contributed by atoms with Crippen molar-refractivity contribution < 1.29 is 0 Å². The molecule has 1 N–H and O–H groups in total. The van der Waals surface area contributed by atoms with Crippen LogP contribution in [0.3, 0.4) is 0 Å². The largest absolute Gasteiger partial charge is 0.317 e. The van der Waals surface area contributed by atoms with E-state index >= 15 is 0 Å². The molecule has 0 spiro atoms. The van der Waals surface area contributed by atoms with Gasteiger partial charge < -0.3 is 5.32 Å². The molecule has 3 nitrogen and oxygen atoms in total. The first-order valence-electron chi connectivity index (χ1n) is 5.12. The second-order valence-electron chi connectivity index (χ2n) is 3.69. The molecule has 1 fully saturated rings. The quantitative estimate of drug-likeness (QED) is 0.667. The van der Waals surface area contributed by atoms with Crippen molar-refractivity contribution in [1.29, 1.82) is 0 Å². The SMILES string of the molecule is Cc1cnc(SC2CCNCC2)nc1Cl.Cl. The highest BCUT2D eigenvalue weighted by Crippen LogP contribution is 2.26. The monoisotopic (exact) mass is 279 g/mol. The molecule has 1 aromatic heterocycles. The highest BCUT2D eigenvalue weighted by atomic mass is 35.5. The maximum Gasteiger partial charge on any atom is 0.189 e. The van der Waals surface area contributed by atoms with Crippen LogP contribution in [0.5, 0.6) is 0 Å². The number of hydrogen-bond donors (Lipinski definition) is 1. The number of halogens is 2. The van der Waals surface area contributed by atoms with E-state index in [0.717, 1.165) is 23.8 Å². The number of rotatable bonds is 2. The van der Waals surface area contributed by atoms with E-state index in [1.807, 2.05) is 6.92 Å². The van der Waals surface area contributed by atoms with Crippen LogP contribution in [-0.4, -0.2) is 28.3 Å². The Morgan fingerprint density at radius 3 is 2.75 bits per heavy atom. The Balaban J connectivity index is 0.00000128. The van der Waals surface area contributed by atoms with Gasteiger partial charge in [-0.2, -0.15) is 0 Å². The van der Waals surface area contributed by atoms with Crippen LogP contribution in [0.2, 0.25) is 5.15 Å². The van der Waals surface area contributed by atoms with Crippen molar-refractivity contribution in [2.24, 2.45) is 0 Å². The Morgan fingerprint density at radius 2 is 2.12 bits per heavy atom. The minimum Gasteiger partial charge on any atom is -0.317 e. The van der Waals surface area contributed by atoms with Gasteiger partial charge in [-0.1, -0.05) is 23.4 Å². The van der Waals surface area contributed by atoms with Crippen LogP contribution in [0.25, 0.3) is 0 Å². The highest BCUT2D eigenvalue weighted by Gasteiger charge is 2.15. The second kappa shape index (κ2) is 6.64. The molecular formula is C10H15Cl2N3S. The van der Waals surface area contributed by atoms with Gasteiger partial charge in [0, 0.05) is 17.0 Å². The van der Waals surface area contributed by atoms with E-state index in [0.29, 0.717) is 10.4 Å². The second-order valence-corrected chi connectivity index (χ2v) is 5.32. The number of nitrogens with one attached hydrogen (secondary N) is 1. The summed E-state index contributed by atoms with van der Waals surface area (Å²) in [6.45, 7) is 4.11. The summed E-state index contributed by atoms with van der Waals surface area (Å²) in [5.41, 5.74) is 0.936. The summed E-state index contributed by atoms with van der Waals surface area (Å²) in [6.07, 6.45) is 4.15. The number of hydrogen-bond acceptors (Lipinski definition) is 4. The Kier molecular flexibility index (Phi) is 5.83. The first-order valence-corrected chi connectivity index (χ1v) is 6.38. The lowest BCUT2D eigenvalue weighted by molar-refractivity contribution is 0.531. The maximum atomic E-state index is 5.95. The van der Waals surface area contributed by atoms with Crippen molar-refractivity contribution in [3.63, 3.8) is 0 Å². The zero-order valence-electron chi connectivity index (χ0n) is 9.07. The topological polar surface area (TPSA) is 37.8 Å². The molecule has 1 aliphatic heterocycles. The van der Waals surface area contributed by atoms with Crippen LogP contribution in [0.4, 0.5) is 0 Å². The molecule has 6 heteroatoms. The summed E-state index contributed by atoms with van der Waals surface area (Å²) in [5, 5.41) is 5.34. The van der Waals surface area contributed by atoms with Gasteiger partial charge in [0.05, 0.1) is 0 Å². The lowest BCUT2D eigenvalue weighted by Gasteiger charge is -2.21. The zero-order chi connectivity index (χ0) is 10.7. The lowest BCUT2D eigenvalue weighted by atomic mass is 10.2. The van der Waals surface area contributed by atoms with Gasteiger partial charge >= 0.3 is 0 Å². The summed E-state index contributed by atoms with van der Waals surface area (Å²) >= 11 is 7.70. The van der Waals surface area contributed by atoms with Crippen molar-refractivity contribution in [3.05, 3.63) is 16.9 Å². The molecule has 90 valence electrons. The highest BCUT2D eigenvalue weighted by molar-refractivity contribution is 7.99. The molecule has 0 unspecified atom stereocenters. The summed E-state index contributed by atoms with van der Waals surface area (Å²) in [7, 11) is 0. The van der Waals surface area contributed by atoms with E-state index in [9.17, 15) is 0 Å². The molecule has 1 saturated heterocycles. The van der Waals surface area contributed by atoms with Gasteiger partial charge in [-0.15, -0.1) is 12.4 Å². The van der Waals surface area contributed by atoms with E-state index < -0.39 is 0 Å². The number of piperidine rings is 1. The van der Waals surface area contributed by atoms with Crippen LogP contribution in [0, 0.1) is 6.92 Å². The molecule has 0 aliphatic carbocycles. The lowest BCUT2D eigenvalue weighted by Crippen LogP contribution is -2.29. The van der Waals surface area contributed by atoms with Crippen LogP contribution in [-0.2, 0) is 0 Å². The van der Waals surface area contributed by atoms with Crippen molar-refractivity contribution in [2.45, 2.75) is 30.2 Å². The minimum absolute atomic E-state index is 0. The van der Waals surface area contributed by atoms with Gasteiger partial charge in [0.1, 0.15) is 5.15 Å². The van der Waals surface area contributed by atoms with Crippen molar-refractivity contribution in [1.82, 2.24) is 15.3 Å². The summed E-state index contributed by atoms with van der Waals surface area (Å²) < 4.78 is 0. The van der Waals surface area contributed by atoms with Crippen LogP contribution >= 0.6 is 35.8 Å². The fourth-order valence-corrected chi connectivity index (χ4v) is 2.73. The molecule has 0 radical (unpaired) electrons. The van der Waals surface area contributed by atoms with Gasteiger partial charge in [0.15, 0.2) is 5.16 Å². The third kappa shape index (κ3) is 3.77. The normalized spacial score (nSPS) is 16.9. The average Bonchev–Trinajstić information content (AvgIpc) is 2.25. The minimum atomic E-state index is 0. The van der Waals surface area contributed by atoms with Crippen LogP contribution in [0.15, 0.2) is 11.4 Å². The standard InChI is InChI=1S/C10H14ClN3S.ClH/c1-7-6-13-10(14-9(7)11)15-8-2-4-12-5-3-8;/h6,8,12H,2-5H2,1H3;1H.